The number of hydrogen-bond acceptors (Lipinski definition) is 2. The van der Waals surface area contributed by atoms with Crippen molar-refractivity contribution in [3.05, 3.63) is 30.1 Å². The number of carbonyl (C=O) groups excluding carboxylic acids is 1. The molecule has 1 aromatic heterocycles. The van der Waals surface area contributed by atoms with Crippen molar-refractivity contribution in [1.29, 1.82) is 0 Å². The Kier molecular flexibility index (Phi) is 4.09. The Morgan fingerprint density at radius 3 is 2.87 bits per heavy atom. The Bertz CT molecular complexity index is 325. The van der Waals surface area contributed by atoms with Gasteiger partial charge in [0, 0.05) is 17.9 Å². The highest BCUT2D eigenvalue weighted by Gasteiger charge is 2.20. The number of rotatable bonds is 4. The van der Waals surface area contributed by atoms with E-state index in [-0.39, 0.29) is 17.3 Å². The molecule has 1 N–H and O–H groups in total. The summed E-state index contributed by atoms with van der Waals surface area (Å²) < 4.78 is 0. The van der Waals surface area contributed by atoms with Crippen molar-refractivity contribution >= 4 is 17.5 Å². The Morgan fingerprint density at radius 2 is 2.33 bits per heavy atom. The molecule has 4 heteroatoms. The van der Waals surface area contributed by atoms with E-state index >= 15 is 0 Å². The average molecular weight is 227 g/mol. The molecule has 1 rings (SSSR count). The molecule has 0 spiro atoms. The van der Waals surface area contributed by atoms with E-state index < -0.39 is 0 Å². The molecular weight excluding hydrogens is 212 g/mol. The van der Waals surface area contributed by atoms with Crippen LogP contribution in [0.3, 0.4) is 0 Å². The van der Waals surface area contributed by atoms with Gasteiger partial charge in [-0.15, -0.1) is 11.6 Å². The van der Waals surface area contributed by atoms with Crippen LogP contribution in [0.15, 0.2) is 24.5 Å². The van der Waals surface area contributed by atoms with Crippen LogP contribution < -0.4 is 5.32 Å². The van der Waals surface area contributed by atoms with Crippen molar-refractivity contribution in [3.8, 4) is 0 Å². The number of carbonyl (C=O) groups is 1. The van der Waals surface area contributed by atoms with Gasteiger partial charge in [-0.2, -0.15) is 0 Å². The number of nitrogens with one attached hydrogen (secondary N) is 1. The SMILES string of the molecule is CC(C)(Cc1cccnc1)NC(=O)CCl. The molecule has 82 valence electrons. The molecule has 0 unspecified atom stereocenters. The molecule has 0 aliphatic rings. The molecule has 0 aliphatic carbocycles. The zero-order chi connectivity index (χ0) is 11.3. The van der Waals surface area contributed by atoms with E-state index in [4.69, 9.17) is 11.6 Å². The normalized spacial score (nSPS) is 11.1. The third kappa shape index (κ3) is 4.30. The number of nitrogens with zero attached hydrogens (tertiary/aromatic N) is 1. The molecule has 0 aliphatic heterocycles. The maximum Gasteiger partial charge on any atom is 0.235 e. The van der Waals surface area contributed by atoms with Crippen LogP contribution in [0.5, 0.6) is 0 Å². The molecule has 0 saturated carbocycles. The Morgan fingerprint density at radius 1 is 1.60 bits per heavy atom. The van der Waals surface area contributed by atoms with Gasteiger partial charge < -0.3 is 5.32 Å². The second kappa shape index (κ2) is 5.12. The highest BCUT2D eigenvalue weighted by atomic mass is 35.5. The minimum absolute atomic E-state index is 0.00350. The molecule has 0 bridgehead atoms. The van der Waals surface area contributed by atoms with Crippen LogP contribution in [0.2, 0.25) is 0 Å². The van der Waals surface area contributed by atoms with Crippen LogP contribution >= 0.6 is 11.6 Å². The van der Waals surface area contributed by atoms with Gasteiger partial charge >= 0.3 is 0 Å². The molecule has 1 heterocycles. The summed E-state index contributed by atoms with van der Waals surface area (Å²) in [6.07, 6.45) is 4.27. The van der Waals surface area contributed by atoms with E-state index in [0.29, 0.717) is 0 Å². The van der Waals surface area contributed by atoms with Gasteiger partial charge in [0.15, 0.2) is 0 Å². The molecule has 0 fully saturated rings. The van der Waals surface area contributed by atoms with Gasteiger partial charge in [-0.1, -0.05) is 6.07 Å². The summed E-state index contributed by atoms with van der Waals surface area (Å²) in [5.41, 5.74) is 0.798. The van der Waals surface area contributed by atoms with Crippen molar-refractivity contribution in [1.82, 2.24) is 10.3 Å². The molecule has 3 nitrogen and oxygen atoms in total. The van der Waals surface area contributed by atoms with Gasteiger partial charge in [-0.25, -0.2) is 0 Å². The number of halogens is 1. The third-order valence-electron chi connectivity index (χ3n) is 1.97. The monoisotopic (exact) mass is 226 g/mol. The lowest BCUT2D eigenvalue weighted by Gasteiger charge is -2.25. The molecule has 0 radical (unpaired) electrons. The first kappa shape index (κ1) is 12.0. The first-order valence-corrected chi connectivity index (χ1v) is 5.33. The topological polar surface area (TPSA) is 42.0 Å². The second-order valence-corrected chi connectivity index (χ2v) is 4.37. The van der Waals surface area contributed by atoms with Crippen molar-refractivity contribution in [2.45, 2.75) is 25.8 Å². The predicted octanol–water partition coefficient (Wildman–Crippen LogP) is 1.76. The van der Waals surface area contributed by atoms with Crippen LogP contribution in [-0.4, -0.2) is 22.3 Å². The summed E-state index contributed by atoms with van der Waals surface area (Å²) in [6, 6.07) is 3.87. The molecule has 0 aromatic carbocycles. The van der Waals surface area contributed by atoms with Gasteiger partial charge in [0.05, 0.1) is 0 Å². The van der Waals surface area contributed by atoms with E-state index in [1.165, 1.54) is 0 Å². The number of hydrogen-bond donors (Lipinski definition) is 1. The summed E-state index contributed by atoms with van der Waals surface area (Å²) in [5, 5.41) is 2.86. The van der Waals surface area contributed by atoms with E-state index in [1.54, 1.807) is 12.4 Å². The van der Waals surface area contributed by atoms with Gasteiger partial charge in [0.1, 0.15) is 5.88 Å². The predicted molar refractivity (Wildman–Crippen MR) is 60.9 cm³/mol. The van der Waals surface area contributed by atoms with Crippen LogP contribution in [-0.2, 0) is 11.2 Å². The van der Waals surface area contributed by atoms with Crippen molar-refractivity contribution < 1.29 is 4.79 Å². The van der Waals surface area contributed by atoms with Crippen molar-refractivity contribution in [2.24, 2.45) is 0 Å². The fourth-order valence-corrected chi connectivity index (χ4v) is 1.53. The molecule has 15 heavy (non-hydrogen) atoms. The van der Waals surface area contributed by atoms with Crippen molar-refractivity contribution in [2.75, 3.05) is 5.88 Å². The minimum atomic E-state index is -0.297. The quantitative estimate of drug-likeness (QED) is 0.795. The smallest absolute Gasteiger partial charge is 0.235 e. The largest absolute Gasteiger partial charge is 0.350 e. The fourth-order valence-electron chi connectivity index (χ4n) is 1.47. The number of aromatic nitrogens is 1. The highest BCUT2D eigenvalue weighted by Crippen LogP contribution is 2.11. The third-order valence-corrected chi connectivity index (χ3v) is 2.21. The lowest BCUT2D eigenvalue weighted by atomic mass is 9.96. The van der Waals surface area contributed by atoms with Gasteiger partial charge in [-0.3, -0.25) is 9.78 Å². The van der Waals surface area contributed by atoms with Gasteiger partial charge in [-0.05, 0) is 31.9 Å². The summed E-state index contributed by atoms with van der Waals surface area (Å²) >= 11 is 5.44. The van der Waals surface area contributed by atoms with E-state index in [1.807, 2.05) is 26.0 Å². The zero-order valence-electron chi connectivity index (χ0n) is 8.96. The Labute approximate surface area is 94.9 Å². The number of amides is 1. The maximum absolute atomic E-state index is 11.2. The fraction of sp³-hybridized carbons (Fsp3) is 0.455. The van der Waals surface area contributed by atoms with Crippen molar-refractivity contribution in [3.63, 3.8) is 0 Å². The molecule has 1 aromatic rings. The summed E-state index contributed by atoms with van der Waals surface area (Å²) in [4.78, 5) is 15.2. The zero-order valence-corrected chi connectivity index (χ0v) is 9.71. The first-order chi connectivity index (χ1) is 7.03. The van der Waals surface area contributed by atoms with E-state index in [9.17, 15) is 4.79 Å². The van der Waals surface area contributed by atoms with E-state index in [2.05, 4.69) is 10.3 Å². The highest BCUT2D eigenvalue weighted by molar-refractivity contribution is 6.27. The van der Waals surface area contributed by atoms with Crippen LogP contribution in [0.1, 0.15) is 19.4 Å². The van der Waals surface area contributed by atoms with Crippen LogP contribution in [0.4, 0.5) is 0 Å². The average Bonchev–Trinajstić information content (AvgIpc) is 2.17. The lowest BCUT2D eigenvalue weighted by molar-refractivity contribution is -0.120. The van der Waals surface area contributed by atoms with Gasteiger partial charge in [0.25, 0.3) is 0 Å². The molecule has 0 atom stereocenters. The van der Waals surface area contributed by atoms with Gasteiger partial charge in [0.2, 0.25) is 5.91 Å². The molecular formula is C11H15ClN2O. The first-order valence-electron chi connectivity index (χ1n) is 4.79. The Balaban J connectivity index is 2.60. The second-order valence-electron chi connectivity index (χ2n) is 4.10. The van der Waals surface area contributed by atoms with E-state index in [0.717, 1.165) is 12.0 Å². The maximum atomic E-state index is 11.2. The number of alkyl halides is 1. The number of pyridine rings is 1. The molecule has 1 amide bonds. The molecule has 0 saturated heterocycles. The van der Waals surface area contributed by atoms with Crippen LogP contribution in [0, 0.1) is 0 Å². The lowest BCUT2D eigenvalue weighted by Crippen LogP contribution is -2.45. The summed E-state index contributed by atoms with van der Waals surface area (Å²) in [5.74, 6) is -0.151. The summed E-state index contributed by atoms with van der Waals surface area (Å²) in [7, 11) is 0. The minimum Gasteiger partial charge on any atom is -0.350 e. The van der Waals surface area contributed by atoms with Crippen LogP contribution in [0.25, 0.3) is 0 Å². The standard InChI is InChI=1S/C11H15ClN2O/c1-11(2,14-10(15)7-12)6-9-4-3-5-13-8-9/h3-5,8H,6-7H2,1-2H3,(H,14,15). The Hall–Kier alpha value is -1.09. The summed E-state index contributed by atoms with van der Waals surface area (Å²) in [6.45, 7) is 3.93.